The highest BCUT2D eigenvalue weighted by Gasteiger charge is 1.94. The second kappa shape index (κ2) is 3.73. The zero-order valence-electron chi connectivity index (χ0n) is 5.43. The Kier molecular flexibility index (Phi) is 3.22. The first-order valence-corrected chi connectivity index (χ1v) is 2.51. The lowest BCUT2D eigenvalue weighted by Crippen LogP contribution is -1.94. The zero-order chi connectivity index (χ0) is 7.28. The molecule has 1 N–H and O–H groups in total. The van der Waals surface area contributed by atoms with Gasteiger partial charge in [0.2, 0.25) is 0 Å². The fourth-order valence-electron chi connectivity index (χ4n) is 0.242. The van der Waals surface area contributed by atoms with E-state index in [-0.39, 0.29) is 5.57 Å². The summed E-state index contributed by atoms with van der Waals surface area (Å²) in [6.45, 7) is 3.16. The number of hydrogen-bond acceptors (Lipinski definition) is 1. The number of carboxylic acids is 1. The van der Waals surface area contributed by atoms with Crippen molar-refractivity contribution in [3.05, 3.63) is 11.6 Å². The second-order valence-corrected chi connectivity index (χ2v) is 1.53. The Bertz CT molecular complexity index is 191. The first-order valence-electron chi connectivity index (χ1n) is 2.51. The van der Waals surface area contributed by atoms with Gasteiger partial charge in [0.1, 0.15) is 0 Å². The molecule has 0 aromatic rings. The van der Waals surface area contributed by atoms with Crippen molar-refractivity contribution < 1.29 is 9.90 Å². The monoisotopic (exact) mass is 124 g/mol. The van der Waals surface area contributed by atoms with Gasteiger partial charge in [0.05, 0.1) is 0 Å². The first-order chi connectivity index (χ1) is 4.18. The Morgan fingerprint density at radius 3 is 2.56 bits per heavy atom. The number of hydrogen-bond donors (Lipinski definition) is 1. The molecule has 2 nitrogen and oxygen atoms in total. The summed E-state index contributed by atoms with van der Waals surface area (Å²) < 4.78 is 0. The average molecular weight is 124 g/mol. The van der Waals surface area contributed by atoms with Crippen LogP contribution in [0.15, 0.2) is 11.6 Å². The number of allylic oxidation sites excluding steroid dienone is 1. The van der Waals surface area contributed by atoms with Crippen LogP contribution in [0.4, 0.5) is 0 Å². The molecule has 0 amide bonds. The van der Waals surface area contributed by atoms with E-state index in [1.807, 2.05) is 0 Å². The van der Waals surface area contributed by atoms with E-state index >= 15 is 0 Å². The molecule has 9 heavy (non-hydrogen) atoms. The fourth-order valence-corrected chi connectivity index (χ4v) is 0.242. The van der Waals surface area contributed by atoms with E-state index in [0.717, 1.165) is 0 Å². The van der Waals surface area contributed by atoms with E-state index in [1.165, 1.54) is 13.0 Å². The standard InChI is InChI=1S/C7H8O2/c1-3-4-5-6(2)7(8)9/h5H,1-2H3,(H,8,9)/b6-5+. The third-order valence-corrected chi connectivity index (χ3v) is 0.770. The average Bonchev–Trinajstić information content (AvgIpc) is 1.82. The van der Waals surface area contributed by atoms with Gasteiger partial charge in [0.25, 0.3) is 0 Å². The highest BCUT2D eigenvalue weighted by molar-refractivity contribution is 5.86. The van der Waals surface area contributed by atoms with Gasteiger partial charge in [-0.3, -0.25) is 0 Å². The lowest BCUT2D eigenvalue weighted by molar-refractivity contribution is -0.132. The summed E-state index contributed by atoms with van der Waals surface area (Å²) >= 11 is 0. The van der Waals surface area contributed by atoms with Crippen LogP contribution < -0.4 is 0 Å². The van der Waals surface area contributed by atoms with Crippen LogP contribution in [0.25, 0.3) is 0 Å². The maximum atomic E-state index is 10.1. The highest BCUT2D eigenvalue weighted by Crippen LogP contribution is 1.88. The maximum absolute atomic E-state index is 10.1. The molecule has 0 saturated carbocycles. The molecule has 48 valence electrons. The van der Waals surface area contributed by atoms with Gasteiger partial charge >= 0.3 is 5.97 Å². The predicted molar refractivity (Wildman–Crippen MR) is 34.8 cm³/mol. The minimum atomic E-state index is -0.919. The van der Waals surface area contributed by atoms with Crippen LogP contribution in [0.3, 0.4) is 0 Å². The van der Waals surface area contributed by atoms with E-state index in [4.69, 9.17) is 5.11 Å². The van der Waals surface area contributed by atoms with Crippen molar-refractivity contribution in [1.82, 2.24) is 0 Å². The van der Waals surface area contributed by atoms with Crippen molar-refractivity contribution in [3.8, 4) is 11.8 Å². The van der Waals surface area contributed by atoms with Crippen LogP contribution in [0.5, 0.6) is 0 Å². The van der Waals surface area contributed by atoms with Gasteiger partial charge in [-0.2, -0.15) is 0 Å². The van der Waals surface area contributed by atoms with Crippen molar-refractivity contribution in [2.75, 3.05) is 0 Å². The van der Waals surface area contributed by atoms with Crippen LogP contribution in [-0.4, -0.2) is 11.1 Å². The van der Waals surface area contributed by atoms with Gasteiger partial charge in [0, 0.05) is 5.57 Å². The van der Waals surface area contributed by atoms with Crippen LogP contribution in [0, 0.1) is 11.8 Å². The van der Waals surface area contributed by atoms with Crippen molar-refractivity contribution in [2.45, 2.75) is 13.8 Å². The molecule has 0 saturated heterocycles. The Morgan fingerprint density at radius 2 is 2.22 bits per heavy atom. The summed E-state index contributed by atoms with van der Waals surface area (Å²) in [7, 11) is 0. The highest BCUT2D eigenvalue weighted by atomic mass is 16.4. The fraction of sp³-hybridized carbons (Fsp3) is 0.286. The van der Waals surface area contributed by atoms with Crippen molar-refractivity contribution in [2.24, 2.45) is 0 Å². The topological polar surface area (TPSA) is 37.3 Å². The van der Waals surface area contributed by atoms with Gasteiger partial charge in [0.15, 0.2) is 0 Å². The summed E-state index contributed by atoms with van der Waals surface area (Å²) in [6.07, 6.45) is 1.38. The zero-order valence-corrected chi connectivity index (χ0v) is 5.43. The Labute approximate surface area is 54.2 Å². The molecule has 0 aromatic carbocycles. The number of rotatable bonds is 1. The van der Waals surface area contributed by atoms with Crippen molar-refractivity contribution in [1.29, 1.82) is 0 Å². The quantitative estimate of drug-likeness (QED) is 0.419. The van der Waals surface area contributed by atoms with Crippen LogP contribution in [0.2, 0.25) is 0 Å². The van der Waals surface area contributed by atoms with Gasteiger partial charge in [-0.05, 0) is 19.9 Å². The molecule has 2 heteroatoms. The largest absolute Gasteiger partial charge is 0.478 e. The molecule has 0 aliphatic rings. The lowest BCUT2D eigenvalue weighted by Gasteiger charge is -1.84. The molecule has 0 unspecified atom stereocenters. The molecular formula is C7H8O2. The molecule has 0 bridgehead atoms. The maximum Gasteiger partial charge on any atom is 0.331 e. The normalized spacial score (nSPS) is 9.78. The second-order valence-electron chi connectivity index (χ2n) is 1.53. The van der Waals surface area contributed by atoms with Crippen molar-refractivity contribution in [3.63, 3.8) is 0 Å². The Hall–Kier alpha value is -1.23. The molecule has 0 aliphatic carbocycles. The molecule has 0 fully saturated rings. The van der Waals surface area contributed by atoms with E-state index in [1.54, 1.807) is 6.92 Å². The molecule has 0 aliphatic heterocycles. The third kappa shape index (κ3) is 3.36. The summed E-state index contributed by atoms with van der Waals surface area (Å²) in [4.78, 5) is 10.1. The molecule has 0 aromatic heterocycles. The van der Waals surface area contributed by atoms with Gasteiger partial charge < -0.3 is 5.11 Å². The molecular weight excluding hydrogens is 116 g/mol. The number of aliphatic carboxylic acids is 1. The smallest absolute Gasteiger partial charge is 0.331 e. The van der Waals surface area contributed by atoms with Gasteiger partial charge in [-0.1, -0.05) is 5.92 Å². The minimum absolute atomic E-state index is 0.268. The first kappa shape index (κ1) is 7.77. The van der Waals surface area contributed by atoms with E-state index < -0.39 is 5.97 Å². The summed E-state index contributed by atoms with van der Waals surface area (Å²) in [5.41, 5.74) is 0.268. The van der Waals surface area contributed by atoms with Gasteiger partial charge in [-0.15, -0.1) is 5.92 Å². The Balaban J connectivity index is 4.11. The lowest BCUT2D eigenvalue weighted by atomic mass is 10.3. The molecule has 0 atom stereocenters. The van der Waals surface area contributed by atoms with E-state index in [9.17, 15) is 4.79 Å². The predicted octanol–water partition coefficient (Wildman–Crippen LogP) is 1.04. The SMILES string of the molecule is CC#C/C=C(\C)C(=O)O. The summed E-state index contributed by atoms with van der Waals surface area (Å²) in [5, 5.41) is 8.27. The van der Waals surface area contributed by atoms with Crippen LogP contribution in [-0.2, 0) is 4.79 Å². The molecule has 0 rings (SSSR count). The minimum Gasteiger partial charge on any atom is -0.478 e. The van der Waals surface area contributed by atoms with E-state index in [2.05, 4.69) is 11.8 Å². The molecule has 0 radical (unpaired) electrons. The summed E-state index contributed by atoms with van der Waals surface area (Å²) in [6, 6.07) is 0. The van der Waals surface area contributed by atoms with Gasteiger partial charge in [-0.25, -0.2) is 4.79 Å². The molecule has 0 heterocycles. The third-order valence-electron chi connectivity index (χ3n) is 0.770. The number of carboxylic acid groups (broad SMARTS) is 1. The number of carbonyl (C=O) groups is 1. The van der Waals surface area contributed by atoms with Crippen molar-refractivity contribution >= 4 is 5.97 Å². The van der Waals surface area contributed by atoms with Crippen LogP contribution in [0.1, 0.15) is 13.8 Å². The summed E-state index contributed by atoms with van der Waals surface area (Å²) in [5.74, 6) is 4.18. The Morgan fingerprint density at radius 1 is 1.67 bits per heavy atom. The van der Waals surface area contributed by atoms with E-state index in [0.29, 0.717) is 0 Å². The molecule has 0 spiro atoms. The van der Waals surface area contributed by atoms with Crippen LogP contribution >= 0.6 is 0 Å².